The number of methoxy groups -OCH3 is 1. The number of carbonyl (C=O) groups is 1. The smallest absolute Gasteiger partial charge is 0.470 e. The van der Waals surface area contributed by atoms with Crippen LogP contribution in [0.15, 0.2) is 47.1 Å². The van der Waals surface area contributed by atoms with Gasteiger partial charge in [-0.15, -0.1) is 0 Å². The van der Waals surface area contributed by atoms with Crippen molar-refractivity contribution in [2.24, 2.45) is 0 Å². The third-order valence-corrected chi connectivity index (χ3v) is 5.42. The van der Waals surface area contributed by atoms with Crippen molar-refractivity contribution < 1.29 is 28.4 Å². The number of fused-ring (bicyclic) bond motifs is 1. The van der Waals surface area contributed by atoms with Crippen LogP contribution in [0.1, 0.15) is 21.5 Å². The second-order valence-corrected chi connectivity index (χ2v) is 8.63. The molecule has 0 aliphatic heterocycles. The Kier molecular flexibility index (Phi) is 6.95. The summed E-state index contributed by atoms with van der Waals surface area (Å²) in [6.45, 7) is -0.854. The first-order valence-corrected chi connectivity index (χ1v) is 11.2. The van der Waals surface area contributed by atoms with Crippen LogP contribution in [0, 0.1) is 22.7 Å². The number of hydrogen-bond acceptors (Lipinski definition) is 6. The third-order valence-electron chi connectivity index (χ3n) is 4.46. The maximum atomic E-state index is 12.6. The maximum absolute atomic E-state index is 12.6. The number of nitriles is 2. The molecule has 1 heterocycles. The van der Waals surface area contributed by atoms with Crippen molar-refractivity contribution in [2.75, 3.05) is 13.7 Å². The lowest BCUT2D eigenvalue weighted by atomic mass is 10.0. The highest BCUT2D eigenvalue weighted by molar-refractivity contribution is 9.10. The summed E-state index contributed by atoms with van der Waals surface area (Å²) < 4.78 is 22.5. The predicted molar refractivity (Wildman–Crippen MR) is 119 cm³/mol. The fourth-order valence-electron chi connectivity index (χ4n) is 3.07. The molecule has 3 rings (SSSR count). The Morgan fingerprint density at radius 1 is 1.25 bits per heavy atom. The number of nitrogens with zero attached hydrogens (tertiary/aromatic N) is 3. The highest BCUT2D eigenvalue weighted by atomic mass is 79.9. The van der Waals surface area contributed by atoms with E-state index in [1.165, 1.54) is 23.9 Å². The van der Waals surface area contributed by atoms with Crippen molar-refractivity contribution in [3.05, 3.63) is 63.8 Å². The summed E-state index contributed by atoms with van der Waals surface area (Å²) in [6, 6.07) is 13.9. The van der Waals surface area contributed by atoms with E-state index in [4.69, 9.17) is 14.5 Å². The molecule has 0 aliphatic rings. The zero-order chi connectivity index (χ0) is 23.5. The van der Waals surface area contributed by atoms with Crippen molar-refractivity contribution in [1.82, 2.24) is 4.57 Å². The summed E-state index contributed by atoms with van der Waals surface area (Å²) in [7, 11) is -3.37. The maximum Gasteiger partial charge on any atom is 0.470 e. The van der Waals surface area contributed by atoms with Gasteiger partial charge >= 0.3 is 7.82 Å². The van der Waals surface area contributed by atoms with Gasteiger partial charge in [0.05, 0.1) is 35.9 Å². The number of benzene rings is 2. The van der Waals surface area contributed by atoms with E-state index in [0.29, 0.717) is 37.8 Å². The summed E-state index contributed by atoms with van der Waals surface area (Å²) in [5.74, 6) is -0.277. The predicted octanol–water partition coefficient (Wildman–Crippen LogP) is 4.10. The average molecular weight is 516 g/mol. The number of aromatic nitrogens is 1. The van der Waals surface area contributed by atoms with Crippen LogP contribution in [0.5, 0.6) is 5.75 Å². The molecule has 2 N–H and O–H groups in total. The number of rotatable bonds is 6. The lowest BCUT2D eigenvalue weighted by molar-refractivity contribution is 0.0806. The van der Waals surface area contributed by atoms with Crippen molar-refractivity contribution in [3.8, 4) is 17.9 Å². The van der Waals surface area contributed by atoms with E-state index in [0.717, 1.165) is 0 Å². The minimum Gasteiger partial charge on any atom is -0.496 e. The summed E-state index contributed by atoms with van der Waals surface area (Å²) in [4.78, 5) is 30.4. The fraction of sp³-hybridized carbons (Fsp3) is 0.0952. The largest absolute Gasteiger partial charge is 0.496 e. The molecule has 162 valence electrons. The van der Waals surface area contributed by atoms with Gasteiger partial charge in [0.25, 0.3) is 5.91 Å². The molecular weight excluding hydrogens is 501 g/mol. The number of carbonyl (C=O) groups excluding carboxylic acids is 1. The van der Waals surface area contributed by atoms with Gasteiger partial charge in [-0.3, -0.25) is 13.9 Å². The second-order valence-electron chi connectivity index (χ2n) is 6.47. The van der Waals surface area contributed by atoms with E-state index in [2.05, 4.69) is 26.5 Å². The minimum atomic E-state index is -4.83. The monoisotopic (exact) mass is 515 g/mol. The quantitative estimate of drug-likeness (QED) is 0.368. The average Bonchev–Trinajstić information content (AvgIpc) is 3.13. The molecule has 11 heteroatoms. The van der Waals surface area contributed by atoms with E-state index in [1.807, 2.05) is 6.07 Å². The van der Waals surface area contributed by atoms with Gasteiger partial charge in [0, 0.05) is 27.2 Å². The van der Waals surface area contributed by atoms with Gasteiger partial charge < -0.3 is 14.5 Å². The number of ether oxygens (including phenoxy) is 1. The molecule has 9 nitrogen and oxygen atoms in total. The minimum absolute atomic E-state index is 0.184. The Morgan fingerprint density at radius 3 is 2.62 bits per heavy atom. The van der Waals surface area contributed by atoms with Gasteiger partial charge in [-0.1, -0.05) is 15.9 Å². The van der Waals surface area contributed by atoms with Gasteiger partial charge in [-0.25, -0.2) is 4.57 Å². The van der Waals surface area contributed by atoms with Crippen LogP contribution in [0.3, 0.4) is 0 Å². The highest BCUT2D eigenvalue weighted by Crippen LogP contribution is 2.36. The zero-order valence-electron chi connectivity index (χ0n) is 16.5. The molecule has 0 unspecified atom stereocenters. The number of hydrogen-bond donors (Lipinski definition) is 2. The Hall–Kier alpha value is -3.24. The molecule has 0 saturated heterocycles. The summed E-state index contributed by atoms with van der Waals surface area (Å²) in [6.07, 6.45) is 2.94. The van der Waals surface area contributed by atoms with Gasteiger partial charge in [-0.2, -0.15) is 10.5 Å². The molecule has 2 aromatic carbocycles. The third kappa shape index (κ3) is 5.14. The Balaban J connectivity index is 2.18. The molecule has 1 aromatic heterocycles. The van der Waals surface area contributed by atoms with Crippen LogP contribution in [0.2, 0.25) is 0 Å². The van der Waals surface area contributed by atoms with Crippen molar-refractivity contribution in [1.29, 1.82) is 10.5 Å². The number of allylic oxidation sites excluding steroid dienone is 1. The SMILES string of the molecule is COc1ccc(C#N)cc1/C=C(\C#N)c1cn(C(=O)COP(=O)(O)O)c2ccc(Br)cc12. The molecule has 0 atom stereocenters. The molecule has 0 saturated carbocycles. The first kappa shape index (κ1) is 23.4. The number of phosphoric acid groups is 1. The highest BCUT2D eigenvalue weighted by Gasteiger charge is 2.21. The van der Waals surface area contributed by atoms with Crippen LogP contribution in [0.4, 0.5) is 0 Å². The van der Waals surface area contributed by atoms with Crippen LogP contribution in [0.25, 0.3) is 22.6 Å². The van der Waals surface area contributed by atoms with Gasteiger partial charge in [-0.05, 0) is 42.5 Å². The second kappa shape index (κ2) is 9.49. The standard InChI is InChI=1S/C21H15BrN3O6P/c1-30-20-5-2-13(9-23)6-14(20)7-15(10-24)18-11-25(21(26)12-31-32(27,28)29)19-4-3-16(22)8-17(18)19/h2-8,11H,12H2,1H3,(H2,27,28,29)/b15-7+. The van der Waals surface area contributed by atoms with Crippen LogP contribution >= 0.6 is 23.8 Å². The molecule has 3 aromatic rings. The molecule has 0 amide bonds. The molecule has 0 fully saturated rings. The summed E-state index contributed by atoms with van der Waals surface area (Å²) >= 11 is 3.37. The summed E-state index contributed by atoms with van der Waals surface area (Å²) in [5, 5.41) is 19.6. The van der Waals surface area contributed by atoms with Crippen LogP contribution < -0.4 is 4.74 Å². The zero-order valence-corrected chi connectivity index (χ0v) is 19.0. The van der Waals surface area contributed by atoms with Crippen LogP contribution in [-0.4, -0.2) is 34.0 Å². The first-order chi connectivity index (χ1) is 15.2. The van der Waals surface area contributed by atoms with Crippen molar-refractivity contribution >= 4 is 52.2 Å². The molecule has 0 spiro atoms. The molecular formula is C21H15BrN3O6P. The Labute approximate surface area is 191 Å². The van der Waals surface area contributed by atoms with E-state index in [9.17, 15) is 19.9 Å². The van der Waals surface area contributed by atoms with E-state index in [-0.39, 0.29) is 5.57 Å². The normalized spacial score (nSPS) is 11.8. The van der Waals surface area contributed by atoms with Gasteiger partial charge in [0.15, 0.2) is 0 Å². The molecule has 0 radical (unpaired) electrons. The topological polar surface area (TPSA) is 146 Å². The Morgan fingerprint density at radius 2 is 2.00 bits per heavy atom. The van der Waals surface area contributed by atoms with Gasteiger partial charge in [0.2, 0.25) is 0 Å². The van der Waals surface area contributed by atoms with Crippen molar-refractivity contribution in [2.45, 2.75) is 0 Å². The lowest BCUT2D eigenvalue weighted by Gasteiger charge is -2.06. The molecule has 0 bridgehead atoms. The fourth-order valence-corrected chi connectivity index (χ4v) is 3.71. The van der Waals surface area contributed by atoms with E-state index < -0.39 is 20.3 Å². The number of phosphoric ester groups is 1. The molecule has 0 aliphatic carbocycles. The van der Waals surface area contributed by atoms with Crippen molar-refractivity contribution in [3.63, 3.8) is 0 Å². The van der Waals surface area contributed by atoms with E-state index >= 15 is 0 Å². The number of halogens is 1. The van der Waals surface area contributed by atoms with Gasteiger partial charge in [0.1, 0.15) is 12.4 Å². The first-order valence-electron chi connectivity index (χ1n) is 8.91. The van der Waals surface area contributed by atoms with E-state index in [1.54, 1.807) is 36.4 Å². The lowest BCUT2D eigenvalue weighted by Crippen LogP contribution is -2.15. The molecule has 32 heavy (non-hydrogen) atoms. The van der Waals surface area contributed by atoms with Crippen LogP contribution in [-0.2, 0) is 9.09 Å². The Bertz CT molecular complexity index is 1380. The summed E-state index contributed by atoms with van der Waals surface area (Å²) in [5.41, 5.74) is 1.88.